The largest absolute Gasteiger partial charge is 0.506 e. The molecule has 0 aliphatic rings. The molecule has 0 spiro atoms. The van der Waals surface area contributed by atoms with Crippen LogP contribution < -0.4 is 0 Å². The van der Waals surface area contributed by atoms with Crippen molar-refractivity contribution in [1.29, 1.82) is 0 Å². The second kappa shape index (κ2) is 11.8. The van der Waals surface area contributed by atoms with Gasteiger partial charge >= 0.3 is 0 Å². The molecule has 6 rings (SSSR count). The molecular weight excluding hydrogens is 647 g/mol. The fourth-order valence-electron chi connectivity index (χ4n) is 4.21. The summed E-state index contributed by atoms with van der Waals surface area (Å²) in [6.45, 7) is 10.6. The number of pyridine rings is 3. The molecule has 0 aliphatic carbocycles. The summed E-state index contributed by atoms with van der Waals surface area (Å²) in [5.74, 6) is 0. The van der Waals surface area contributed by atoms with Crippen LogP contribution in [0, 0.1) is 39.8 Å². The van der Waals surface area contributed by atoms with E-state index in [4.69, 9.17) is 4.42 Å². The molecule has 4 heterocycles. The van der Waals surface area contributed by atoms with Crippen molar-refractivity contribution in [1.82, 2.24) is 15.0 Å². The minimum absolute atomic E-state index is 0. The standard InChI is InChI=1S/C18H13N2O.C15H16N.Ir/c1-2-12-5-8-19-16(10-12)15-11-13-6-9-21-18(13)17-14(15)4-3-7-20-17;1-10-5-6-14(7-11(10)2)15-8-12(3)13(4)9-16-15;/h3-10H,2H2,1H3;5,7-9H,1-4H3;/q2*-1;. The zero-order valence-corrected chi connectivity index (χ0v) is 24.6. The van der Waals surface area contributed by atoms with Gasteiger partial charge in [0.05, 0.1) is 5.58 Å². The Morgan fingerprint density at radius 1 is 0.816 bits per heavy atom. The summed E-state index contributed by atoms with van der Waals surface area (Å²) in [5, 5.41) is 1.95. The third kappa shape index (κ3) is 5.60. The van der Waals surface area contributed by atoms with E-state index in [1.807, 2.05) is 42.7 Å². The molecule has 2 aromatic carbocycles. The van der Waals surface area contributed by atoms with Gasteiger partial charge in [0.15, 0.2) is 0 Å². The van der Waals surface area contributed by atoms with E-state index in [9.17, 15) is 0 Å². The molecule has 0 fully saturated rings. The molecule has 1 radical (unpaired) electrons. The number of nitrogens with zero attached hydrogens (tertiary/aromatic N) is 3. The van der Waals surface area contributed by atoms with Gasteiger partial charge < -0.3 is 9.40 Å². The zero-order valence-electron chi connectivity index (χ0n) is 22.2. The van der Waals surface area contributed by atoms with Crippen molar-refractivity contribution in [2.45, 2.75) is 41.0 Å². The Balaban J connectivity index is 0.000000179. The fraction of sp³-hybridized carbons (Fsp3) is 0.182. The van der Waals surface area contributed by atoms with Crippen LogP contribution in [-0.2, 0) is 26.5 Å². The molecule has 0 saturated heterocycles. The third-order valence-corrected chi connectivity index (χ3v) is 6.78. The van der Waals surface area contributed by atoms with E-state index in [1.54, 1.807) is 12.5 Å². The van der Waals surface area contributed by atoms with E-state index in [1.165, 1.54) is 27.8 Å². The monoisotopic (exact) mass is 676 g/mol. The average molecular weight is 676 g/mol. The molecule has 0 atom stereocenters. The quantitative estimate of drug-likeness (QED) is 0.178. The number of rotatable bonds is 3. The van der Waals surface area contributed by atoms with Crippen LogP contribution in [0.25, 0.3) is 44.4 Å². The normalized spacial score (nSPS) is 10.7. The first-order chi connectivity index (χ1) is 17.9. The van der Waals surface area contributed by atoms with Crippen LogP contribution in [0.1, 0.15) is 34.7 Å². The van der Waals surface area contributed by atoms with Crippen molar-refractivity contribution in [3.05, 3.63) is 113 Å². The first-order valence-electron chi connectivity index (χ1n) is 12.5. The van der Waals surface area contributed by atoms with Crippen LogP contribution in [-0.4, -0.2) is 15.0 Å². The molecule has 38 heavy (non-hydrogen) atoms. The van der Waals surface area contributed by atoms with Gasteiger partial charge in [0.25, 0.3) is 0 Å². The maximum absolute atomic E-state index is 5.55. The first-order valence-corrected chi connectivity index (χ1v) is 12.5. The molecule has 0 saturated carbocycles. The number of fused-ring (bicyclic) bond motifs is 3. The molecular formula is C33H29IrN3O-2. The summed E-state index contributed by atoms with van der Waals surface area (Å²) in [5.41, 5.74) is 11.9. The zero-order chi connectivity index (χ0) is 25.9. The first kappa shape index (κ1) is 27.4. The smallest absolute Gasteiger partial charge is 0.0847 e. The SMILES string of the molecule is CCc1ccnc(-c2[c-]c3ccoc3c3ncccc23)c1.Cc1c[c-]c(-c2cc(C)c(C)cn2)cc1C.[Ir]. The molecule has 0 aliphatic heterocycles. The Labute approximate surface area is 237 Å². The topological polar surface area (TPSA) is 51.8 Å². The number of hydrogen-bond donors (Lipinski definition) is 0. The van der Waals surface area contributed by atoms with Gasteiger partial charge in [-0.2, -0.15) is 0 Å². The van der Waals surface area contributed by atoms with Crippen LogP contribution in [0.2, 0.25) is 0 Å². The van der Waals surface area contributed by atoms with E-state index in [0.717, 1.165) is 50.8 Å². The van der Waals surface area contributed by atoms with E-state index in [2.05, 4.69) is 79.9 Å². The summed E-state index contributed by atoms with van der Waals surface area (Å²) in [6.07, 6.45) is 8.22. The summed E-state index contributed by atoms with van der Waals surface area (Å²) in [4.78, 5) is 13.4. The predicted octanol–water partition coefficient (Wildman–Crippen LogP) is 8.19. The Kier molecular flexibility index (Phi) is 8.51. The van der Waals surface area contributed by atoms with Crippen LogP contribution in [0.4, 0.5) is 0 Å². The maximum atomic E-state index is 5.55. The average Bonchev–Trinajstić information content (AvgIpc) is 3.41. The van der Waals surface area contributed by atoms with E-state index >= 15 is 0 Å². The van der Waals surface area contributed by atoms with Crippen LogP contribution in [0.15, 0.2) is 77.8 Å². The molecule has 0 N–H and O–H groups in total. The van der Waals surface area contributed by atoms with Crippen molar-refractivity contribution >= 4 is 21.9 Å². The maximum Gasteiger partial charge on any atom is 0.0847 e. The summed E-state index contributed by atoms with van der Waals surface area (Å²) in [6, 6.07) is 23.0. The van der Waals surface area contributed by atoms with Crippen molar-refractivity contribution in [2.24, 2.45) is 0 Å². The Morgan fingerprint density at radius 2 is 1.63 bits per heavy atom. The van der Waals surface area contributed by atoms with Gasteiger partial charge in [0.1, 0.15) is 0 Å². The number of hydrogen-bond acceptors (Lipinski definition) is 4. The van der Waals surface area contributed by atoms with Crippen LogP contribution in [0.5, 0.6) is 0 Å². The number of aromatic nitrogens is 3. The molecule has 0 bridgehead atoms. The summed E-state index contributed by atoms with van der Waals surface area (Å²) < 4.78 is 5.55. The molecule has 4 nitrogen and oxygen atoms in total. The minimum Gasteiger partial charge on any atom is -0.506 e. The number of furan rings is 1. The van der Waals surface area contributed by atoms with Crippen molar-refractivity contribution in [3.8, 4) is 22.5 Å². The number of aryl methyl sites for hydroxylation is 5. The van der Waals surface area contributed by atoms with Crippen LogP contribution >= 0.6 is 0 Å². The molecule has 5 heteroatoms. The van der Waals surface area contributed by atoms with Gasteiger partial charge in [-0.3, -0.25) is 9.97 Å². The predicted molar refractivity (Wildman–Crippen MR) is 150 cm³/mol. The van der Waals surface area contributed by atoms with Gasteiger partial charge in [0.2, 0.25) is 0 Å². The second-order valence-electron chi connectivity index (χ2n) is 9.33. The van der Waals surface area contributed by atoms with E-state index < -0.39 is 0 Å². The van der Waals surface area contributed by atoms with Crippen molar-refractivity contribution < 1.29 is 24.5 Å². The van der Waals surface area contributed by atoms with E-state index in [-0.39, 0.29) is 20.1 Å². The minimum atomic E-state index is 0. The summed E-state index contributed by atoms with van der Waals surface area (Å²) in [7, 11) is 0. The van der Waals surface area contributed by atoms with Crippen molar-refractivity contribution in [3.63, 3.8) is 0 Å². The molecule has 0 amide bonds. The molecule has 0 unspecified atom stereocenters. The van der Waals surface area contributed by atoms with Crippen LogP contribution in [0.3, 0.4) is 0 Å². The van der Waals surface area contributed by atoms with Gasteiger partial charge in [-0.15, -0.1) is 41.0 Å². The van der Waals surface area contributed by atoms with Crippen molar-refractivity contribution in [2.75, 3.05) is 0 Å². The fourth-order valence-corrected chi connectivity index (χ4v) is 4.21. The molecule has 193 valence electrons. The van der Waals surface area contributed by atoms with Gasteiger partial charge in [-0.1, -0.05) is 78.6 Å². The van der Waals surface area contributed by atoms with Gasteiger partial charge in [0, 0.05) is 56.2 Å². The Hall–Kier alpha value is -3.66. The Bertz CT molecular complexity index is 1670. The molecule has 4 aromatic heterocycles. The Morgan fingerprint density at radius 3 is 2.39 bits per heavy atom. The third-order valence-electron chi connectivity index (χ3n) is 6.78. The van der Waals surface area contributed by atoms with Gasteiger partial charge in [-0.25, -0.2) is 0 Å². The second-order valence-corrected chi connectivity index (χ2v) is 9.33. The van der Waals surface area contributed by atoms with E-state index in [0.29, 0.717) is 0 Å². The number of benzene rings is 2. The van der Waals surface area contributed by atoms with Gasteiger partial charge in [-0.05, 0) is 37.6 Å². The summed E-state index contributed by atoms with van der Waals surface area (Å²) >= 11 is 0. The molecule has 6 aromatic rings.